The summed E-state index contributed by atoms with van der Waals surface area (Å²) in [5.41, 5.74) is 2.46. The fraction of sp³-hybridized carbons (Fsp3) is 0.200. The van der Waals surface area contributed by atoms with E-state index in [9.17, 15) is 4.79 Å². The Balaban J connectivity index is 1.85. The van der Waals surface area contributed by atoms with Crippen LogP contribution in [0.2, 0.25) is 5.15 Å². The van der Waals surface area contributed by atoms with Crippen molar-refractivity contribution in [1.82, 2.24) is 9.78 Å². The van der Waals surface area contributed by atoms with Gasteiger partial charge in [0.2, 0.25) is 0 Å². The number of methoxy groups -OCH3 is 2. The van der Waals surface area contributed by atoms with Crippen LogP contribution in [0, 0.1) is 6.92 Å². The van der Waals surface area contributed by atoms with Crippen LogP contribution >= 0.6 is 11.6 Å². The van der Waals surface area contributed by atoms with Crippen molar-refractivity contribution in [2.24, 2.45) is 0 Å². The van der Waals surface area contributed by atoms with Gasteiger partial charge in [-0.3, -0.25) is 4.79 Å². The Kier molecular flexibility index (Phi) is 5.66. The summed E-state index contributed by atoms with van der Waals surface area (Å²) >= 11 is 6.45. The van der Waals surface area contributed by atoms with Crippen molar-refractivity contribution in [2.45, 2.75) is 13.5 Å². The lowest BCUT2D eigenvalue weighted by molar-refractivity contribution is 0.102. The molecule has 7 heteroatoms. The van der Waals surface area contributed by atoms with Crippen molar-refractivity contribution in [3.63, 3.8) is 0 Å². The molecular formula is C20H20ClN3O3. The van der Waals surface area contributed by atoms with Crippen molar-refractivity contribution in [2.75, 3.05) is 19.5 Å². The molecule has 3 rings (SSSR count). The standard InChI is InChI=1S/C20H20ClN3O3/c1-13-18(19(21)24(23-13)12-14-7-5-4-6-8-14)20(25)22-16-10-9-15(26-2)11-17(16)27-3/h4-11H,12H2,1-3H3,(H,22,25). The van der Waals surface area contributed by atoms with Gasteiger partial charge >= 0.3 is 0 Å². The van der Waals surface area contributed by atoms with Gasteiger partial charge in [-0.05, 0) is 24.6 Å². The van der Waals surface area contributed by atoms with Crippen molar-refractivity contribution < 1.29 is 14.3 Å². The number of nitrogens with zero attached hydrogens (tertiary/aromatic N) is 2. The molecule has 0 radical (unpaired) electrons. The molecule has 0 bridgehead atoms. The molecule has 0 fully saturated rings. The number of hydrogen-bond acceptors (Lipinski definition) is 4. The summed E-state index contributed by atoms with van der Waals surface area (Å²) in [4.78, 5) is 12.8. The maximum Gasteiger partial charge on any atom is 0.260 e. The zero-order chi connectivity index (χ0) is 19.4. The van der Waals surface area contributed by atoms with Crippen molar-refractivity contribution in [1.29, 1.82) is 0 Å². The Morgan fingerprint density at radius 3 is 2.56 bits per heavy atom. The number of halogens is 1. The van der Waals surface area contributed by atoms with Gasteiger partial charge in [0.1, 0.15) is 16.7 Å². The van der Waals surface area contributed by atoms with Crippen LogP contribution in [0.4, 0.5) is 5.69 Å². The number of anilines is 1. The van der Waals surface area contributed by atoms with E-state index in [1.165, 1.54) is 7.11 Å². The molecule has 0 unspecified atom stereocenters. The summed E-state index contributed by atoms with van der Waals surface area (Å²) in [5, 5.41) is 7.53. The molecule has 0 aliphatic carbocycles. The van der Waals surface area contributed by atoms with E-state index in [2.05, 4.69) is 10.4 Å². The van der Waals surface area contributed by atoms with Crippen LogP contribution in [0.25, 0.3) is 0 Å². The Morgan fingerprint density at radius 1 is 1.15 bits per heavy atom. The second-order valence-corrected chi connectivity index (χ2v) is 6.27. The molecule has 0 atom stereocenters. The Hall–Kier alpha value is -2.99. The van der Waals surface area contributed by atoms with E-state index in [1.54, 1.807) is 36.9 Å². The van der Waals surface area contributed by atoms with Crippen LogP contribution in [-0.2, 0) is 6.54 Å². The van der Waals surface area contributed by atoms with E-state index in [-0.39, 0.29) is 5.91 Å². The molecule has 0 spiro atoms. The number of ether oxygens (including phenoxy) is 2. The summed E-state index contributed by atoms with van der Waals surface area (Å²) in [6.45, 7) is 2.24. The van der Waals surface area contributed by atoms with Gasteiger partial charge in [-0.1, -0.05) is 41.9 Å². The fourth-order valence-electron chi connectivity index (χ4n) is 2.76. The van der Waals surface area contributed by atoms with E-state index in [0.29, 0.717) is 40.1 Å². The summed E-state index contributed by atoms with van der Waals surface area (Å²) in [6.07, 6.45) is 0. The van der Waals surface area contributed by atoms with Gasteiger partial charge in [0.25, 0.3) is 5.91 Å². The molecule has 1 aromatic heterocycles. The highest BCUT2D eigenvalue weighted by Gasteiger charge is 2.21. The lowest BCUT2D eigenvalue weighted by Crippen LogP contribution is -2.14. The first-order valence-electron chi connectivity index (χ1n) is 8.33. The van der Waals surface area contributed by atoms with Gasteiger partial charge in [0, 0.05) is 6.07 Å². The summed E-state index contributed by atoms with van der Waals surface area (Å²) in [5.74, 6) is 0.781. The third-order valence-corrected chi connectivity index (χ3v) is 4.51. The summed E-state index contributed by atoms with van der Waals surface area (Å²) in [6, 6.07) is 15.0. The molecule has 1 N–H and O–H groups in total. The predicted octanol–water partition coefficient (Wildman–Crippen LogP) is 4.16. The van der Waals surface area contributed by atoms with Gasteiger partial charge in [-0.2, -0.15) is 5.10 Å². The number of carbonyl (C=O) groups excluding carboxylic acids is 1. The molecule has 27 heavy (non-hydrogen) atoms. The smallest absolute Gasteiger partial charge is 0.260 e. The van der Waals surface area contributed by atoms with Crippen LogP contribution in [0.5, 0.6) is 11.5 Å². The third-order valence-electron chi connectivity index (χ3n) is 4.12. The zero-order valence-corrected chi connectivity index (χ0v) is 16.1. The number of aryl methyl sites for hydroxylation is 1. The molecule has 1 amide bonds. The Labute approximate surface area is 162 Å². The van der Waals surface area contributed by atoms with E-state index in [1.807, 2.05) is 30.3 Å². The topological polar surface area (TPSA) is 65.4 Å². The summed E-state index contributed by atoms with van der Waals surface area (Å²) in [7, 11) is 3.10. The van der Waals surface area contributed by atoms with Crippen LogP contribution in [0.15, 0.2) is 48.5 Å². The van der Waals surface area contributed by atoms with Gasteiger partial charge in [-0.25, -0.2) is 4.68 Å². The van der Waals surface area contributed by atoms with Gasteiger partial charge in [0.05, 0.1) is 37.7 Å². The second-order valence-electron chi connectivity index (χ2n) is 5.91. The molecular weight excluding hydrogens is 366 g/mol. The summed E-state index contributed by atoms with van der Waals surface area (Å²) < 4.78 is 12.1. The number of benzene rings is 2. The average Bonchev–Trinajstić information content (AvgIpc) is 2.96. The quantitative estimate of drug-likeness (QED) is 0.691. The molecule has 0 aliphatic heterocycles. The number of hydrogen-bond donors (Lipinski definition) is 1. The molecule has 140 valence electrons. The number of amides is 1. The molecule has 1 heterocycles. The van der Waals surface area contributed by atoms with Gasteiger partial charge < -0.3 is 14.8 Å². The number of rotatable bonds is 6. The van der Waals surface area contributed by atoms with Crippen molar-refractivity contribution >= 4 is 23.2 Å². The van der Waals surface area contributed by atoms with E-state index >= 15 is 0 Å². The second kappa shape index (κ2) is 8.14. The van der Waals surface area contributed by atoms with Crippen molar-refractivity contribution in [3.8, 4) is 11.5 Å². The Morgan fingerprint density at radius 2 is 1.89 bits per heavy atom. The molecule has 0 saturated heterocycles. The molecule has 3 aromatic rings. The molecule has 6 nitrogen and oxygen atoms in total. The minimum atomic E-state index is -0.347. The first-order chi connectivity index (χ1) is 13.0. The number of aromatic nitrogens is 2. The van der Waals surface area contributed by atoms with E-state index < -0.39 is 0 Å². The molecule has 2 aromatic carbocycles. The number of nitrogens with one attached hydrogen (secondary N) is 1. The normalized spacial score (nSPS) is 10.5. The van der Waals surface area contributed by atoms with Gasteiger partial charge in [-0.15, -0.1) is 0 Å². The van der Waals surface area contributed by atoms with Crippen LogP contribution in [-0.4, -0.2) is 29.9 Å². The maximum absolute atomic E-state index is 12.8. The first-order valence-corrected chi connectivity index (χ1v) is 8.71. The SMILES string of the molecule is COc1ccc(NC(=O)c2c(C)nn(Cc3ccccc3)c2Cl)c(OC)c1. The monoisotopic (exact) mass is 385 g/mol. The maximum atomic E-state index is 12.8. The van der Waals surface area contributed by atoms with Crippen molar-refractivity contribution in [3.05, 3.63) is 70.5 Å². The van der Waals surface area contributed by atoms with E-state index in [4.69, 9.17) is 21.1 Å². The lowest BCUT2D eigenvalue weighted by Gasteiger charge is -2.11. The predicted molar refractivity (Wildman–Crippen MR) is 105 cm³/mol. The molecule has 0 saturated carbocycles. The van der Waals surface area contributed by atoms with Crippen LogP contribution in [0.1, 0.15) is 21.6 Å². The molecule has 0 aliphatic rings. The van der Waals surface area contributed by atoms with Crippen LogP contribution < -0.4 is 14.8 Å². The minimum absolute atomic E-state index is 0.293. The number of carbonyl (C=O) groups is 1. The fourth-order valence-corrected chi connectivity index (χ4v) is 3.08. The third kappa shape index (κ3) is 4.06. The minimum Gasteiger partial charge on any atom is -0.497 e. The highest BCUT2D eigenvalue weighted by atomic mass is 35.5. The first kappa shape index (κ1) is 18.8. The highest BCUT2D eigenvalue weighted by molar-refractivity contribution is 6.33. The van der Waals surface area contributed by atoms with E-state index in [0.717, 1.165) is 5.56 Å². The highest BCUT2D eigenvalue weighted by Crippen LogP contribution is 2.30. The zero-order valence-electron chi connectivity index (χ0n) is 15.3. The van der Waals surface area contributed by atoms with Crippen LogP contribution in [0.3, 0.4) is 0 Å². The average molecular weight is 386 g/mol. The van der Waals surface area contributed by atoms with Gasteiger partial charge in [0.15, 0.2) is 0 Å². The lowest BCUT2D eigenvalue weighted by atomic mass is 10.2. The Bertz CT molecular complexity index is 955. The largest absolute Gasteiger partial charge is 0.497 e.